The summed E-state index contributed by atoms with van der Waals surface area (Å²) >= 11 is 1.71. The minimum absolute atomic E-state index is 0.161. The van der Waals surface area contributed by atoms with E-state index in [1.165, 1.54) is 4.88 Å². The summed E-state index contributed by atoms with van der Waals surface area (Å²) in [7, 11) is 0. The van der Waals surface area contributed by atoms with Gasteiger partial charge in [0.05, 0.1) is 6.54 Å². The maximum Gasteiger partial charge on any atom is 0.315 e. The Morgan fingerprint density at radius 3 is 3.00 bits per heavy atom. The third-order valence-corrected chi connectivity index (χ3v) is 3.22. The zero-order chi connectivity index (χ0) is 11.8. The highest BCUT2D eigenvalue weighted by atomic mass is 32.1. The van der Waals surface area contributed by atoms with Crippen molar-refractivity contribution in [2.24, 2.45) is 0 Å². The maximum atomic E-state index is 11.3. The van der Waals surface area contributed by atoms with Gasteiger partial charge in [-0.25, -0.2) is 4.79 Å². The normalized spacial score (nSPS) is 11.1. The molecule has 4 heteroatoms. The monoisotopic (exact) mass is 236 g/mol. The lowest BCUT2D eigenvalue weighted by Crippen LogP contribution is -2.37. The van der Waals surface area contributed by atoms with Gasteiger partial charge in [-0.15, -0.1) is 17.3 Å². The third kappa shape index (κ3) is 4.37. The summed E-state index contributed by atoms with van der Waals surface area (Å²) in [6, 6.07) is 3.94. The highest BCUT2D eigenvalue weighted by molar-refractivity contribution is 7.10. The van der Waals surface area contributed by atoms with Crippen molar-refractivity contribution >= 4 is 17.4 Å². The van der Waals surface area contributed by atoms with E-state index in [2.05, 4.69) is 35.5 Å². The van der Waals surface area contributed by atoms with Crippen molar-refractivity contribution in [2.75, 3.05) is 13.1 Å². The van der Waals surface area contributed by atoms with E-state index in [4.69, 9.17) is 0 Å². The molecule has 0 spiro atoms. The second-order valence-corrected chi connectivity index (χ2v) is 4.39. The lowest BCUT2D eigenvalue weighted by molar-refractivity contribution is 0.241. The fourth-order valence-corrected chi connectivity index (χ4v) is 1.98. The summed E-state index contributed by atoms with van der Waals surface area (Å²) in [5.41, 5.74) is 0. The zero-order valence-corrected chi connectivity index (χ0v) is 10.4. The zero-order valence-electron chi connectivity index (χ0n) is 9.54. The van der Waals surface area contributed by atoms with E-state index in [9.17, 15) is 4.79 Å². The maximum absolute atomic E-state index is 11.3. The largest absolute Gasteiger partial charge is 0.338 e. The molecule has 3 nitrogen and oxygen atoms in total. The second kappa shape index (κ2) is 6.91. The van der Waals surface area contributed by atoms with Gasteiger partial charge in [0, 0.05) is 17.3 Å². The molecule has 0 aliphatic carbocycles. The van der Waals surface area contributed by atoms with Gasteiger partial charge in [0.1, 0.15) is 0 Å². The van der Waals surface area contributed by atoms with E-state index in [0.29, 0.717) is 19.0 Å². The smallest absolute Gasteiger partial charge is 0.315 e. The molecule has 0 bridgehead atoms. The number of rotatable bonds is 4. The summed E-state index contributed by atoms with van der Waals surface area (Å²) in [4.78, 5) is 12.6. The van der Waals surface area contributed by atoms with Crippen LogP contribution in [-0.2, 0) is 0 Å². The van der Waals surface area contributed by atoms with Crippen LogP contribution in [0.4, 0.5) is 4.79 Å². The van der Waals surface area contributed by atoms with E-state index >= 15 is 0 Å². The van der Waals surface area contributed by atoms with Crippen LogP contribution in [0.3, 0.4) is 0 Å². The first-order chi connectivity index (χ1) is 7.74. The molecule has 0 aliphatic rings. The molecule has 0 aliphatic heterocycles. The van der Waals surface area contributed by atoms with Gasteiger partial charge in [-0.2, -0.15) is 0 Å². The molecule has 1 unspecified atom stereocenters. The quantitative estimate of drug-likeness (QED) is 0.773. The number of hydrogen-bond acceptors (Lipinski definition) is 2. The van der Waals surface area contributed by atoms with E-state index < -0.39 is 0 Å². The summed E-state index contributed by atoms with van der Waals surface area (Å²) in [5, 5.41) is 7.53. The van der Waals surface area contributed by atoms with Crippen LogP contribution in [0.5, 0.6) is 0 Å². The van der Waals surface area contributed by atoms with E-state index in [1.54, 1.807) is 18.3 Å². The van der Waals surface area contributed by atoms with Crippen LogP contribution in [0.1, 0.15) is 24.6 Å². The molecule has 0 radical (unpaired) electrons. The molecule has 1 aromatic rings. The van der Waals surface area contributed by atoms with Gasteiger partial charge in [-0.05, 0) is 18.4 Å². The van der Waals surface area contributed by atoms with Crippen LogP contribution in [0.2, 0.25) is 0 Å². The molecule has 1 heterocycles. The SMILES string of the molecule is CC#CCNC(=O)NCC(C)c1cccs1. The molecule has 86 valence electrons. The van der Waals surface area contributed by atoms with E-state index in [1.807, 2.05) is 11.4 Å². The van der Waals surface area contributed by atoms with E-state index in [-0.39, 0.29) is 6.03 Å². The fraction of sp³-hybridized carbons (Fsp3) is 0.417. The Hall–Kier alpha value is -1.47. The van der Waals surface area contributed by atoms with Gasteiger partial charge in [-0.1, -0.05) is 18.9 Å². The molecule has 0 fully saturated rings. The van der Waals surface area contributed by atoms with Gasteiger partial charge >= 0.3 is 6.03 Å². The Bertz CT molecular complexity index is 375. The predicted octanol–water partition coefficient (Wildman–Crippen LogP) is 2.17. The lowest BCUT2D eigenvalue weighted by atomic mass is 10.1. The summed E-state index contributed by atoms with van der Waals surface area (Å²) < 4.78 is 0. The fourth-order valence-electron chi connectivity index (χ4n) is 1.19. The average Bonchev–Trinajstić information content (AvgIpc) is 2.79. The van der Waals surface area contributed by atoms with Crippen molar-refractivity contribution in [3.63, 3.8) is 0 Å². The minimum atomic E-state index is -0.161. The standard InChI is InChI=1S/C12H16N2OS/c1-3-4-7-13-12(15)14-9-10(2)11-6-5-8-16-11/h5-6,8,10H,7,9H2,1-2H3,(H2,13,14,15). The van der Waals surface area contributed by atoms with Crippen molar-refractivity contribution in [1.29, 1.82) is 0 Å². The molecular formula is C12H16N2OS. The van der Waals surface area contributed by atoms with Crippen molar-refractivity contribution in [3.8, 4) is 11.8 Å². The molecule has 0 saturated carbocycles. The molecule has 0 aromatic carbocycles. The molecule has 2 amide bonds. The topological polar surface area (TPSA) is 41.1 Å². The van der Waals surface area contributed by atoms with Crippen LogP contribution in [0.25, 0.3) is 0 Å². The molecule has 1 rings (SSSR count). The summed E-state index contributed by atoms with van der Waals surface area (Å²) in [5.74, 6) is 5.84. The number of urea groups is 1. The first-order valence-corrected chi connectivity index (χ1v) is 6.06. The average molecular weight is 236 g/mol. The summed E-state index contributed by atoms with van der Waals surface area (Å²) in [6.07, 6.45) is 0. The van der Waals surface area contributed by atoms with Gasteiger partial charge in [0.25, 0.3) is 0 Å². The number of carbonyl (C=O) groups excluding carboxylic acids is 1. The first-order valence-electron chi connectivity index (χ1n) is 5.18. The van der Waals surface area contributed by atoms with Crippen LogP contribution in [0, 0.1) is 11.8 Å². The Kier molecular flexibility index (Phi) is 5.44. The molecule has 2 N–H and O–H groups in total. The van der Waals surface area contributed by atoms with Crippen LogP contribution < -0.4 is 10.6 Å². The van der Waals surface area contributed by atoms with Crippen molar-refractivity contribution < 1.29 is 4.79 Å². The van der Waals surface area contributed by atoms with Crippen molar-refractivity contribution in [2.45, 2.75) is 19.8 Å². The highest BCUT2D eigenvalue weighted by Gasteiger charge is 2.07. The lowest BCUT2D eigenvalue weighted by Gasteiger charge is -2.10. The Balaban J connectivity index is 2.23. The predicted molar refractivity (Wildman–Crippen MR) is 67.6 cm³/mol. The Morgan fingerprint density at radius 2 is 2.38 bits per heavy atom. The third-order valence-electron chi connectivity index (χ3n) is 2.11. The number of nitrogens with one attached hydrogen (secondary N) is 2. The number of hydrogen-bond donors (Lipinski definition) is 2. The van der Waals surface area contributed by atoms with Gasteiger partial charge in [0.2, 0.25) is 0 Å². The van der Waals surface area contributed by atoms with Crippen molar-refractivity contribution in [3.05, 3.63) is 22.4 Å². The molecular weight excluding hydrogens is 220 g/mol. The minimum Gasteiger partial charge on any atom is -0.338 e. The van der Waals surface area contributed by atoms with Crippen LogP contribution in [-0.4, -0.2) is 19.1 Å². The molecule has 0 saturated heterocycles. The van der Waals surface area contributed by atoms with Crippen LogP contribution in [0.15, 0.2) is 17.5 Å². The molecule has 1 aromatic heterocycles. The molecule has 16 heavy (non-hydrogen) atoms. The first kappa shape index (κ1) is 12.6. The second-order valence-electron chi connectivity index (χ2n) is 3.41. The highest BCUT2D eigenvalue weighted by Crippen LogP contribution is 2.19. The number of thiophene rings is 1. The summed E-state index contributed by atoms with van der Waals surface area (Å²) in [6.45, 7) is 4.89. The molecule has 1 atom stereocenters. The van der Waals surface area contributed by atoms with Gasteiger partial charge in [-0.3, -0.25) is 0 Å². The van der Waals surface area contributed by atoms with Gasteiger partial charge in [0.15, 0.2) is 0 Å². The number of carbonyl (C=O) groups is 1. The van der Waals surface area contributed by atoms with Gasteiger partial charge < -0.3 is 10.6 Å². The number of amides is 2. The van der Waals surface area contributed by atoms with Crippen LogP contribution >= 0.6 is 11.3 Å². The Labute approximate surface area is 100 Å². The van der Waals surface area contributed by atoms with E-state index in [0.717, 1.165) is 0 Å². The Morgan fingerprint density at radius 1 is 1.56 bits per heavy atom. The van der Waals surface area contributed by atoms with Crippen molar-refractivity contribution in [1.82, 2.24) is 10.6 Å².